The van der Waals surface area contributed by atoms with Gasteiger partial charge in [-0.2, -0.15) is 0 Å². The first-order valence-corrected chi connectivity index (χ1v) is 4.13. The molecular weight excluding hydrogens is 211 g/mol. The number of hydrogen-bond acceptors (Lipinski definition) is 2. The minimum Gasteiger partial charge on any atom is -0.873 e. The van der Waals surface area contributed by atoms with Crippen LogP contribution in [0.5, 0.6) is 11.5 Å². The zero-order chi connectivity index (χ0) is 9.14. The molecule has 0 spiro atoms. The monoisotopic (exact) mass is 222 g/mol. The zero-order valence-electron chi connectivity index (χ0n) is 7.70. The van der Waals surface area contributed by atoms with Gasteiger partial charge in [0.1, 0.15) is 0 Å². The molecule has 0 saturated heterocycles. The molecule has 0 amide bonds. The van der Waals surface area contributed by atoms with Crippen molar-refractivity contribution >= 4 is 0 Å². The Kier molecular flexibility index (Phi) is 4.86. The Morgan fingerprint density at radius 3 is 2.38 bits per heavy atom. The van der Waals surface area contributed by atoms with Crippen LogP contribution in [0.15, 0.2) is 12.1 Å². The first-order valence-electron chi connectivity index (χ1n) is 4.13. The van der Waals surface area contributed by atoms with Crippen LogP contribution in [0.4, 0.5) is 0 Å². The minimum atomic E-state index is -0.385. The summed E-state index contributed by atoms with van der Waals surface area (Å²) >= 11 is 0. The average Bonchev–Trinajstić information content (AvgIpc) is 2.06. The van der Waals surface area contributed by atoms with E-state index >= 15 is 0 Å². The molecule has 0 saturated carbocycles. The van der Waals surface area contributed by atoms with E-state index in [9.17, 15) is 10.2 Å². The van der Waals surface area contributed by atoms with Crippen molar-refractivity contribution in [2.45, 2.75) is 26.7 Å². The molecule has 0 aliphatic heterocycles. The van der Waals surface area contributed by atoms with Crippen molar-refractivity contribution < 1.29 is 26.7 Å². The molecule has 0 aliphatic rings. The fraction of sp³-hybridized carbons (Fsp3) is 0.400. The summed E-state index contributed by atoms with van der Waals surface area (Å²) in [4.78, 5) is 0. The number of aryl methyl sites for hydroxylation is 1. The standard InChI is InChI=1S/C10H14O2.Ni/c1-3-4-8-7(2)5-6-9(11)10(8)12;/h5-6,11-12H,3-4H2,1-2H3;/q;+2/p-2. The summed E-state index contributed by atoms with van der Waals surface area (Å²) in [5, 5.41) is 22.2. The van der Waals surface area contributed by atoms with Gasteiger partial charge in [0.05, 0.1) is 0 Å². The molecule has 0 radical (unpaired) electrons. The van der Waals surface area contributed by atoms with Crippen LogP contribution in [0.3, 0.4) is 0 Å². The van der Waals surface area contributed by atoms with E-state index in [1.54, 1.807) is 6.07 Å². The van der Waals surface area contributed by atoms with Crippen LogP contribution >= 0.6 is 0 Å². The third kappa shape index (κ3) is 2.63. The van der Waals surface area contributed by atoms with Crippen molar-refractivity contribution in [1.29, 1.82) is 0 Å². The van der Waals surface area contributed by atoms with E-state index in [-0.39, 0.29) is 28.0 Å². The first kappa shape index (κ1) is 12.3. The van der Waals surface area contributed by atoms with Crippen LogP contribution in [0.25, 0.3) is 0 Å². The van der Waals surface area contributed by atoms with Crippen molar-refractivity contribution in [2.24, 2.45) is 0 Å². The second-order valence-electron chi connectivity index (χ2n) is 2.94. The Morgan fingerprint density at radius 1 is 1.23 bits per heavy atom. The summed E-state index contributed by atoms with van der Waals surface area (Å²) in [5.41, 5.74) is 1.62. The Hall–Kier alpha value is -0.686. The van der Waals surface area contributed by atoms with E-state index < -0.39 is 0 Å². The first-order chi connectivity index (χ1) is 5.66. The molecule has 13 heavy (non-hydrogen) atoms. The fourth-order valence-corrected chi connectivity index (χ4v) is 1.27. The SMILES string of the molecule is CCCc1c(C)ccc([O-])c1[O-].[Ni+2]. The molecule has 0 bridgehead atoms. The summed E-state index contributed by atoms with van der Waals surface area (Å²) in [6.45, 7) is 3.86. The maximum atomic E-state index is 11.3. The number of rotatable bonds is 2. The molecule has 74 valence electrons. The largest absolute Gasteiger partial charge is 2.00 e. The van der Waals surface area contributed by atoms with E-state index in [0.29, 0.717) is 12.0 Å². The van der Waals surface area contributed by atoms with E-state index in [4.69, 9.17) is 0 Å². The summed E-state index contributed by atoms with van der Waals surface area (Å²) in [6.07, 6.45) is 1.61. The predicted octanol–water partition coefficient (Wildman–Crippen LogP) is 1.09. The molecule has 0 unspecified atom stereocenters. The molecular formula is C10H12NiO2. The van der Waals surface area contributed by atoms with Gasteiger partial charge in [-0.3, -0.25) is 0 Å². The van der Waals surface area contributed by atoms with Crippen LogP contribution in [-0.2, 0) is 22.9 Å². The van der Waals surface area contributed by atoms with E-state index in [1.807, 2.05) is 13.8 Å². The smallest absolute Gasteiger partial charge is 0.873 e. The third-order valence-corrected chi connectivity index (χ3v) is 1.96. The van der Waals surface area contributed by atoms with Gasteiger partial charge in [0, 0.05) is 0 Å². The quantitative estimate of drug-likeness (QED) is 0.704. The normalized spacial score (nSPS) is 9.38. The zero-order valence-corrected chi connectivity index (χ0v) is 8.69. The molecule has 0 heterocycles. The summed E-state index contributed by atoms with van der Waals surface area (Å²) in [5.74, 6) is -0.707. The number of hydrogen-bond donors (Lipinski definition) is 0. The van der Waals surface area contributed by atoms with Crippen molar-refractivity contribution in [3.8, 4) is 11.5 Å². The molecule has 0 N–H and O–H groups in total. The predicted molar refractivity (Wildman–Crippen MR) is 44.1 cm³/mol. The van der Waals surface area contributed by atoms with Gasteiger partial charge in [-0.1, -0.05) is 31.0 Å². The minimum absolute atomic E-state index is 0. The van der Waals surface area contributed by atoms with Gasteiger partial charge in [0.15, 0.2) is 0 Å². The van der Waals surface area contributed by atoms with Crippen LogP contribution in [0.2, 0.25) is 0 Å². The molecule has 0 fully saturated rings. The van der Waals surface area contributed by atoms with Gasteiger partial charge in [0.2, 0.25) is 0 Å². The molecule has 2 nitrogen and oxygen atoms in total. The van der Waals surface area contributed by atoms with E-state index in [1.165, 1.54) is 6.07 Å². The van der Waals surface area contributed by atoms with Crippen molar-refractivity contribution in [1.82, 2.24) is 0 Å². The Bertz CT molecular complexity index is 284. The van der Waals surface area contributed by atoms with Crippen molar-refractivity contribution in [2.75, 3.05) is 0 Å². The molecule has 1 rings (SSSR count). The van der Waals surface area contributed by atoms with E-state index in [0.717, 1.165) is 12.0 Å². The van der Waals surface area contributed by atoms with E-state index in [2.05, 4.69) is 0 Å². The van der Waals surface area contributed by atoms with Gasteiger partial charge in [-0.15, -0.1) is 11.5 Å². The van der Waals surface area contributed by atoms with Crippen LogP contribution < -0.4 is 10.2 Å². The molecule has 3 heteroatoms. The third-order valence-electron chi connectivity index (χ3n) is 1.96. The van der Waals surface area contributed by atoms with Crippen LogP contribution in [0.1, 0.15) is 24.5 Å². The van der Waals surface area contributed by atoms with Gasteiger partial charge in [-0.05, 0) is 18.9 Å². The average molecular weight is 223 g/mol. The van der Waals surface area contributed by atoms with Gasteiger partial charge < -0.3 is 10.2 Å². The molecule has 0 atom stereocenters. The second kappa shape index (κ2) is 5.13. The number of benzene rings is 1. The molecule has 1 aromatic carbocycles. The Labute approximate surface area is 88.5 Å². The summed E-state index contributed by atoms with van der Waals surface area (Å²) in [7, 11) is 0. The Morgan fingerprint density at radius 2 is 1.85 bits per heavy atom. The fourth-order valence-electron chi connectivity index (χ4n) is 1.27. The maximum absolute atomic E-state index is 11.3. The second-order valence-corrected chi connectivity index (χ2v) is 2.94. The topological polar surface area (TPSA) is 46.1 Å². The van der Waals surface area contributed by atoms with Crippen LogP contribution in [-0.4, -0.2) is 0 Å². The molecule has 0 aromatic heterocycles. The molecule has 1 aromatic rings. The summed E-state index contributed by atoms with van der Waals surface area (Å²) < 4.78 is 0. The van der Waals surface area contributed by atoms with Crippen molar-refractivity contribution in [3.63, 3.8) is 0 Å². The van der Waals surface area contributed by atoms with Crippen molar-refractivity contribution in [3.05, 3.63) is 23.3 Å². The van der Waals surface area contributed by atoms with Gasteiger partial charge in [-0.25, -0.2) is 0 Å². The Balaban J connectivity index is 0.00000144. The maximum Gasteiger partial charge on any atom is 2.00 e. The van der Waals surface area contributed by atoms with Crippen LogP contribution in [0, 0.1) is 6.92 Å². The van der Waals surface area contributed by atoms with Gasteiger partial charge in [0.25, 0.3) is 0 Å². The molecule has 0 aliphatic carbocycles. The summed E-state index contributed by atoms with van der Waals surface area (Å²) in [6, 6.07) is 3.06. The van der Waals surface area contributed by atoms with Gasteiger partial charge >= 0.3 is 16.5 Å².